The number of nitrogens with zero attached hydrogens (tertiary/aromatic N) is 4. The fraction of sp³-hybridized carbons (Fsp3) is 0.0645. The summed E-state index contributed by atoms with van der Waals surface area (Å²) >= 11 is 12.2. The molecule has 0 N–H and O–H groups in total. The molecule has 0 saturated carbocycles. The van der Waals surface area contributed by atoms with E-state index in [4.69, 9.17) is 37.3 Å². The van der Waals surface area contributed by atoms with Crippen LogP contribution in [-0.4, -0.2) is 31.3 Å². The molecule has 10 heteroatoms. The lowest BCUT2D eigenvalue weighted by molar-refractivity contribution is 0.416. The molecular formula is C31H22Cl2N4O3S. The lowest BCUT2D eigenvalue weighted by Gasteiger charge is -2.04. The second-order valence-corrected chi connectivity index (χ2v) is 11.4. The molecular weight excluding hydrogens is 579 g/mol. The molecule has 0 bridgehead atoms. The Kier molecular flexibility index (Phi) is 7.69. The Bertz CT molecular complexity index is 1770. The fourth-order valence-corrected chi connectivity index (χ4v) is 5.55. The first-order valence-electron chi connectivity index (χ1n) is 12.5. The van der Waals surface area contributed by atoms with Crippen molar-refractivity contribution in [3.63, 3.8) is 0 Å². The monoisotopic (exact) mass is 600 g/mol. The van der Waals surface area contributed by atoms with Gasteiger partial charge in [0.25, 0.3) is 0 Å². The Morgan fingerprint density at radius 2 is 1.51 bits per heavy atom. The minimum Gasteiger partial charge on any atom is -0.496 e. The third kappa shape index (κ3) is 5.81. The molecule has 0 amide bonds. The zero-order chi connectivity index (χ0) is 28.3. The second-order valence-electron chi connectivity index (χ2n) is 9.03. The molecule has 0 radical (unpaired) electrons. The van der Waals surface area contributed by atoms with Crippen LogP contribution in [0.2, 0.25) is 10.0 Å². The molecule has 1 unspecified atom stereocenters. The summed E-state index contributed by atoms with van der Waals surface area (Å²) in [5.74, 6) is 1.76. The van der Waals surface area contributed by atoms with Crippen molar-refractivity contribution in [2.75, 3.05) is 7.11 Å². The Balaban J connectivity index is 1.24. The van der Waals surface area contributed by atoms with Crippen molar-refractivity contribution in [3.8, 4) is 45.3 Å². The molecule has 0 fully saturated rings. The average molecular weight is 602 g/mol. The van der Waals surface area contributed by atoms with E-state index in [1.807, 2.05) is 66.9 Å². The summed E-state index contributed by atoms with van der Waals surface area (Å²) in [7, 11) is 0.219. The Morgan fingerprint density at radius 1 is 0.854 bits per heavy atom. The zero-order valence-corrected chi connectivity index (χ0v) is 24.0. The largest absolute Gasteiger partial charge is 0.496 e. The van der Waals surface area contributed by atoms with E-state index in [1.165, 1.54) is 0 Å². The van der Waals surface area contributed by atoms with Gasteiger partial charge in [0.2, 0.25) is 5.89 Å². The van der Waals surface area contributed by atoms with Crippen LogP contribution in [0.25, 0.3) is 39.5 Å². The smallest absolute Gasteiger partial charge is 0.208 e. The maximum Gasteiger partial charge on any atom is 0.208 e. The number of benzene rings is 4. The van der Waals surface area contributed by atoms with E-state index in [1.54, 1.807) is 48.2 Å². The van der Waals surface area contributed by atoms with Gasteiger partial charge in [-0.3, -0.25) is 4.21 Å². The molecule has 1 atom stereocenters. The SMILES string of the molecule is COc1ccccc1-c1cn(-c2ccc(S(=O)Cc3nc(-c4ccc(Cl)cc4)c(-c4ccc(Cl)cc4)o3)cc2)nn1. The van der Waals surface area contributed by atoms with Crippen LogP contribution in [-0.2, 0) is 16.6 Å². The second kappa shape index (κ2) is 11.7. The molecule has 2 aromatic heterocycles. The number of methoxy groups -OCH3 is 1. The van der Waals surface area contributed by atoms with E-state index in [-0.39, 0.29) is 5.75 Å². The minimum absolute atomic E-state index is 0.106. The number of hydrogen-bond acceptors (Lipinski definition) is 6. The first kappa shape index (κ1) is 27.0. The average Bonchev–Trinajstić information content (AvgIpc) is 3.66. The maximum atomic E-state index is 13.3. The van der Waals surface area contributed by atoms with E-state index in [9.17, 15) is 4.21 Å². The van der Waals surface area contributed by atoms with Crippen molar-refractivity contribution in [1.29, 1.82) is 0 Å². The number of para-hydroxylation sites is 1. The van der Waals surface area contributed by atoms with E-state index in [2.05, 4.69) is 10.3 Å². The third-order valence-electron chi connectivity index (χ3n) is 6.39. The van der Waals surface area contributed by atoms with E-state index < -0.39 is 10.8 Å². The topological polar surface area (TPSA) is 83.0 Å². The molecule has 0 spiro atoms. The quantitative estimate of drug-likeness (QED) is 0.177. The fourth-order valence-electron chi connectivity index (χ4n) is 4.34. The van der Waals surface area contributed by atoms with Crippen LogP contribution >= 0.6 is 23.2 Å². The molecule has 41 heavy (non-hydrogen) atoms. The Morgan fingerprint density at radius 3 is 2.20 bits per heavy atom. The maximum absolute atomic E-state index is 13.3. The lowest BCUT2D eigenvalue weighted by atomic mass is 10.1. The molecule has 6 rings (SSSR count). The summed E-state index contributed by atoms with van der Waals surface area (Å²) in [5, 5.41) is 9.79. The van der Waals surface area contributed by atoms with Crippen molar-refractivity contribution in [2.24, 2.45) is 0 Å². The zero-order valence-electron chi connectivity index (χ0n) is 21.7. The number of aromatic nitrogens is 4. The van der Waals surface area contributed by atoms with Gasteiger partial charge in [-0.15, -0.1) is 5.10 Å². The molecule has 0 aliphatic carbocycles. The molecule has 0 aliphatic heterocycles. The highest BCUT2D eigenvalue weighted by Gasteiger charge is 2.19. The summed E-state index contributed by atoms with van der Waals surface area (Å²) in [4.78, 5) is 5.35. The van der Waals surface area contributed by atoms with Crippen LogP contribution in [0.5, 0.6) is 5.75 Å². The summed E-state index contributed by atoms with van der Waals surface area (Å²) in [6, 6.07) is 29.6. The first-order chi connectivity index (χ1) is 20.0. The predicted molar refractivity (Wildman–Crippen MR) is 161 cm³/mol. The van der Waals surface area contributed by atoms with Crippen LogP contribution in [0.4, 0.5) is 0 Å². The number of halogens is 2. The normalized spacial score (nSPS) is 11.9. The van der Waals surface area contributed by atoms with Gasteiger partial charge in [0.05, 0.1) is 29.8 Å². The number of hydrogen-bond donors (Lipinski definition) is 0. The van der Waals surface area contributed by atoms with Crippen LogP contribution in [0.1, 0.15) is 5.89 Å². The van der Waals surface area contributed by atoms with Crippen LogP contribution in [0.15, 0.2) is 113 Å². The van der Waals surface area contributed by atoms with Crippen molar-refractivity contribution in [2.45, 2.75) is 10.6 Å². The van der Waals surface area contributed by atoms with Crippen LogP contribution in [0.3, 0.4) is 0 Å². The summed E-state index contributed by atoms with van der Waals surface area (Å²) in [6.45, 7) is 0. The van der Waals surface area contributed by atoms with Gasteiger partial charge in [0, 0.05) is 31.6 Å². The highest BCUT2D eigenvalue weighted by Crippen LogP contribution is 2.34. The number of oxazole rings is 1. The lowest BCUT2D eigenvalue weighted by Crippen LogP contribution is -1.99. The van der Waals surface area contributed by atoms with Crippen molar-refractivity contribution < 1.29 is 13.4 Å². The predicted octanol–water partition coefficient (Wildman–Crippen LogP) is 7.88. The van der Waals surface area contributed by atoms with Gasteiger partial charge in [-0.1, -0.05) is 52.7 Å². The van der Waals surface area contributed by atoms with Gasteiger partial charge in [0.1, 0.15) is 22.9 Å². The van der Waals surface area contributed by atoms with E-state index >= 15 is 0 Å². The van der Waals surface area contributed by atoms with Gasteiger partial charge in [-0.05, 0) is 72.8 Å². The molecule has 0 aliphatic rings. The van der Waals surface area contributed by atoms with E-state index in [0.717, 1.165) is 28.1 Å². The molecule has 6 aromatic rings. The standard InChI is InChI=1S/C31H22Cl2N4O3S/c1-39-28-5-3-2-4-26(28)27-18-37(36-35-27)24-14-16-25(17-15-24)41(38)19-29-34-30(20-6-10-22(32)11-7-20)31(40-29)21-8-12-23(33)13-9-21/h2-18H,19H2,1H3. The van der Waals surface area contributed by atoms with Crippen molar-refractivity contribution in [1.82, 2.24) is 20.0 Å². The van der Waals surface area contributed by atoms with Gasteiger partial charge in [0.15, 0.2) is 5.76 Å². The highest BCUT2D eigenvalue weighted by atomic mass is 35.5. The van der Waals surface area contributed by atoms with Crippen molar-refractivity contribution >= 4 is 34.0 Å². The molecule has 7 nitrogen and oxygen atoms in total. The first-order valence-corrected chi connectivity index (χ1v) is 14.6. The Hall–Kier alpha value is -4.24. The number of rotatable bonds is 8. The molecule has 4 aromatic carbocycles. The van der Waals surface area contributed by atoms with Crippen molar-refractivity contribution in [3.05, 3.63) is 119 Å². The van der Waals surface area contributed by atoms with Crippen LogP contribution < -0.4 is 4.74 Å². The number of ether oxygens (including phenoxy) is 1. The summed E-state index contributed by atoms with van der Waals surface area (Å²) in [5.41, 5.74) is 4.61. The minimum atomic E-state index is -1.40. The highest BCUT2D eigenvalue weighted by molar-refractivity contribution is 7.84. The van der Waals surface area contributed by atoms with Gasteiger partial charge < -0.3 is 9.15 Å². The molecule has 204 valence electrons. The summed E-state index contributed by atoms with van der Waals surface area (Å²) in [6.07, 6.45) is 1.83. The van der Waals surface area contributed by atoms with Gasteiger partial charge in [-0.2, -0.15) is 0 Å². The Labute approximate surface area is 248 Å². The van der Waals surface area contributed by atoms with E-state index in [0.29, 0.717) is 38.0 Å². The summed E-state index contributed by atoms with van der Waals surface area (Å²) < 4.78 is 26.6. The van der Waals surface area contributed by atoms with Gasteiger partial charge >= 0.3 is 0 Å². The molecule has 0 saturated heterocycles. The third-order valence-corrected chi connectivity index (χ3v) is 8.20. The molecule has 2 heterocycles. The van der Waals surface area contributed by atoms with Crippen LogP contribution in [0, 0.1) is 0 Å². The van der Waals surface area contributed by atoms with Gasteiger partial charge in [-0.25, -0.2) is 9.67 Å².